The van der Waals surface area contributed by atoms with E-state index in [0.717, 1.165) is 31.7 Å². The van der Waals surface area contributed by atoms with Crippen LogP contribution in [0.15, 0.2) is 18.3 Å². The number of nitrogens with one attached hydrogen (secondary N) is 1. The van der Waals surface area contributed by atoms with Crippen molar-refractivity contribution in [2.45, 2.75) is 18.9 Å². The molecule has 2 rings (SSSR count). The van der Waals surface area contributed by atoms with Crippen molar-refractivity contribution in [3.8, 4) is 0 Å². The third kappa shape index (κ3) is 3.30. The highest BCUT2D eigenvalue weighted by atomic mass is 35.5. The van der Waals surface area contributed by atoms with Gasteiger partial charge in [-0.05, 0) is 32.0 Å². The molecule has 1 aromatic heterocycles. The molecule has 0 aliphatic carbocycles. The summed E-state index contributed by atoms with van der Waals surface area (Å²) in [4.78, 5) is 16.3. The van der Waals surface area contributed by atoms with Gasteiger partial charge in [-0.15, -0.1) is 12.4 Å². The molecule has 2 heterocycles. The molecule has 0 spiro atoms. The minimum Gasteiger partial charge on any atom is -0.357 e. The Kier molecular flexibility index (Phi) is 5.30. The number of hydrogen-bond donors (Lipinski definition) is 1. The lowest BCUT2D eigenvalue weighted by atomic mass is 10.1. The van der Waals surface area contributed by atoms with Gasteiger partial charge in [-0.1, -0.05) is 0 Å². The SMILES string of the molecule is CN(c1ccc([N+](=O)[O-])cn1)C1CCNCC1.Cl. The summed E-state index contributed by atoms with van der Waals surface area (Å²) in [6.07, 6.45) is 3.47. The number of piperidine rings is 1. The molecule has 1 saturated heterocycles. The van der Waals surface area contributed by atoms with E-state index in [-0.39, 0.29) is 18.1 Å². The van der Waals surface area contributed by atoms with Gasteiger partial charge in [-0.3, -0.25) is 10.1 Å². The molecule has 0 radical (unpaired) electrons. The van der Waals surface area contributed by atoms with Crippen LogP contribution in [0.3, 0.4) is 0 Å². The van der Waals surface area contributed by atoms with E-state index in [0.29, 0.717) is 6.04 Å². The van der Waals surface area contributed by atoms with Crippen molar-refractivity contribution in [3.63, 3.8) is 0 Å². The number of halogens is 1. The Bertz CT molecular complexity index is 393. The van der Waals surface area contributed by atoms with Crippen LogP contribution in [0.25, 0.3) is 0 Å². The van der Waals surface area contributed by atoms with E-state index in [4.69, 9.17) is 0 Å². The second kappa shape index (κ2) is 6.51. The largest absolute Gasteiger partial charge is 0.357 e. The summed E-state index contributed by atoms with van der Waals surface area (Å²) in [6, 6.07) is 3.67. The van der Waals surface area contributed by atoms with Gasteiger partial charge in [0.25, 0.3) is 5.69 Å². The summed E-state index contributed by atoms with van der Waals surface area (Å²) in [5.74, 6) is 0.794. The summed E-state index contributed by atoms with van der Waals surface area (Å²) in [5.41, 5.74) is 0.0347. The molecule has 0 unspecified atom stereocenters. The van der Waals surface area contributed by atoms with E-state index < -0.39 is 4.92 Å². The predicted molar refractivity (Wildman–Crippen MR) is 72.4 cm³/mol. The first-order valence-electron chi connectivity index (χ1n) is 5.72. The number of nitro groups is 1. The first-order valence-corrected chi connectivity index (χ1v) is 5.72. The molecule has 1 aliphatic heterocycles. The van der Waals surface area contributed by atoms with Gasteiger partial charge in [0.2, 0.25) is 0 Å². The van der Waals surface area contributed by atoms with Crippen molar-refractivity contribution in [1.82, 2.24) is 10.3 Å². The van der Waals surface area contributed by atoms with E-state index in [2.05, 4.69) is 15.2 Å². The van der Waals surface area contributed by atoms with E-state index in [1.165, 1.54) is 12.3 Å². The lowest BCUT2D eigenvalue weighted by Gasteiger charge is -2.32. The van der Waals surface area contributed by atoms with Gasteiger partial charge < -0.3 is 10.2 Å². The Morgan fingerprint density at radius 3 is 2.61 bits per heavy atom. The fourth-order valence-electron chi connectivity index (χ4n) is 2.08. The van der Waals surface area contributed by atoms with Crippen molar-refractivity contribution in [2.75, 3.05) is 25.0 Å². The second-order valence-electron chi connectivity index (χ2n) is 4.22. The first-order chi connectivity index (χ1) is 8.18. The van der Waals surface area contributed by atoms with Gasteiger partial charge in [0.1, 0.15) is 12.0 Å². The van der Waals surface area contributed by atoms with Crippen molar-refractivity contribution in [2.24, 2.45) is 0 Å². The van der Waals surface area contributed by atoms with Gasteiger partial charge in [-0.2, -0.15) is 0 Å². The van der Waals surface area contributed by atoms with Crippen LogP contribution >= 0.6 is 12.4 Å². The maximum atomic E-state index is 10.5. The average Bonchev–Trinajstić information content (AvgIpc) is 2.39. The van der Waals surface area contributed by atoms with Gasteiger partial charge in [0.15, 0.2) is 0 Å². The Balaban J connectivity index is 0.00000162. The third-order valence-electron chi connectivity index (χ3n) is 3.16. The predicted octanol–water partition coefficient (Wildman–Crippen LogP) is 1.60. The van der Waals surface area contributed by atoms with E-state index >= 15 is 0 Å². The third-order valence-corrected chi connectivity index (χ3v) is 3.16. The normalized spacial score (nSPS) is 15.8. The first kappa shape index (κ1) is 14.7. The van der Waals surface area contributed by atoms with Gasteiger partial charge in [0, 0.05) is 19.2 Å². The maximum Gasteiger partial charge on any atom is 0.287 e. The Labute approximate surface area is 112 Å². The smallest absolute Gasteiger partial charge is 0.287 e. The molecular formula is C11H17ClN4O2. The number of rotatable bonds is 3. The van der Waals surface area contributed by atoms with Crippen molar-refractivity contribution in [3.05, 3.63) is 28.4 Å². The Morgan fingerprint density at radius 1 is 1.44 bits per heavy atom. The van der Waals surface area contributed by atoms with Crippen LogP contribution in [0, 0.1) is 10.1 Å². The van der Waals surface area contributed by atoms with Crippen LogP contribution in [0.1, 0.15) is 12.8 Å². The zero-order valence-corrected chi connectivity index (χ0v) is 11.0. The lowest BCUT2D eigenvalue weighted by molar-refractivity contribution is -0.385. The fraction of sp³-hybridized carbons (Fsp3) is 0.545. The number of nitrogens with zero attached hydrogens (tertiary/aromatic N) is 3. The van der Waals surface area contributed by atoms with Crippen molar-refractivity contribution in [1.29, 1.82) is 0 Å². The summed E-state index contributed by atoms with van der Waals surface area (Å²) in [5, 5.41) is 13.8. The van der Waals surface area contributed by atoms with Crippen LogP contribution in [-0.4, -0.2) is 36.1 Å². The van der Waals surface area contributed by atoms with E-state index in [1.807, 2.05) is 7.05 Å². The number of anilines is 1. The summed E-state index contributed by atoms with van der Waals surface area (Å²) < 4.78 is 0. The number of aromatic nitrogens is 1. The fourth-order valence-corrected chi connectivity index (χ4v) is 2.08. The molecule has 1 aromatic rings. The van der Waals surface area contributed by atoms with Gasteiger partial charge in [-0.25, -0.2) is 4.98 Å². The molecule has 1 N–H and O–H groups in total. The zero-order chi connectivity index (χ0) is 12.3. The molecule has 18 heavy (non-hydrogen) atoms. The molecule has 0 aromatic carbocycles. The quantitative estimate of drug-likeness (QED) is 0.668. The topological polar surface area (TPSA) is 71.3 Å². The van der Waals surface area contributed by atoms with Crippen LogP contribution in [0.5, 0.6) is 0 Å². The highest BCUT2D eigenvalue weighted by molar-refractivity contribution is 5.85. The lowest BCUT2D eigenvalue weighted by Crippen LogP contribution is -2.41. The summed E-state index contributed by atoms with van der Waals surface area (Å²) >= 11 is 0. The van der Waals surface area contributed by atoms with Crippen molar-refractivity contribution >= 4 is 23.9 Å². The second-order valence-corrected chi connectivity index (χ2v) is 4.22. The summed E-state index contributed by atoms with van der Waals surface area (Å²) in [6.45, 7) is 2.03. The number of pyridine rings is 1. The molecule has 1 fully saturated rings. The van der Waals surface area contributed by atoms with Crippen LogP contribution in [0.4, 0.5) is 11.5 Å². The highest BCUT2D eigenvalue weighted by Crippen LogP contribution is 2.19. The Morgan fingerprint density at radius 2 is 2.11 bits per heavy atom. The molecule has 0 amide bonds. The van der Waals surface area contributed by atoms with Crippen molar-refractivity contribution < 1.29 is 4.92 Å². The molecule has 100 valence electrons. The highest BCUT2D eigenvalue weighted by Gasteiger charge is 2.19. The molecule has 6 nitrogen and oxygen atoms in total. The standard InChI is InChI=1S/C11H16N4O2.ClH/c1-14(9-4-6-12-7-5-9)11-3-2-10(8-13-11)15(16)17;/h2-3,8-9,12H,4-7H2,1H3;1H. The minimum absolute atomic E-state index is 0. The monoisotopic (exact) mass is 272 g/mol. The molecule has 7 heteroatoms. The molecule has 0 saturated carbocycles. The van der Waals surface area contributed by atoms with E-state index in [1.54, 1.807) is 6.07 Å². The van der Waals surface area contributed by atoms with Crippen LogP contribution in [0.2, 0.25) is 0 Å². The molecule has 0 bridgehead atoms. The average molecular weight is 273 g/mol. The van der Waals surface area contributed by atoms with Crippen LogP contribution in [-0.2, 0) is 0 Å². The van der Waals surface area contributed by atoms with Gasteiger partial charge in [0.05, 0.1) is 4.92 Å². The molecule has 0 atom stereocenters. The Hall–Kier alpha value is -1.40. The number of hydrogen-bond acceptors (Lipinski definition) is 5. The zero-order valence-electron chi connectivity index (χ0n) is 10.2. The molecule has 1 aliphatic rings. The van der Waals surface area contributed by atoms with Crippen LogP contribution < -0.4 is 10.2 Å². The summed E-state index contributed by atoms with van der Waals surface area (Å²) in [7, 11) is 1.99. The van der Waals surface area contributed by atoms with Gasteiger partial charge >= 0.3 is 0 Å². The molecular weight excluding hydrogens is 256 g/mol. The van der Waals surface area contributed by atoms with E-state index in [9.17, 15) is 10.1 Å². The minimum atomic E-state index is -0.429. The maximum absolute atomic E-state index is 10.5.